The molecule has 1 heterocycles. The van der Waals surface area contributed by atoms with Crippen molar-refractivity contribution in [1.29, 1.82) is 0 Å². The molecule has 0 saturated carbocycles. The fourth-order valence-corrected chi connectivity index (χ4v) is 2.65. The second-order valence-corrected chi connectivity index (χ2v) is 6.70. The first kappa shape index (κ1) is 15.0. The van der Waals surface area contributed by atoms with Crippen LogP contribution in [-0.2, 0) is 13.8 Å². The van der Waals surface area contributed by atoms with Crippen LogP contribution in [0.15, 0.2) is 23.1 Å². The SMILES string of the molecule is O=C(NCC(F)F)C1COc2ccc(S(=O)(=O)Cl)cc21. The number of alkyl halides is 2. The summed E-state index contributed by atoms with van der Waals surface area (Å²) in [6, 6.07) is 3.85. The number of halogens is 3. The van der Waals surface area contributed by atoms with E-state index in [0.29, 0.717) is 11.3 Å². The summed E-state index contributed by atoms with van der Waals surface area (Å²) < 4.78 is 51.8. The van der Waals surface area contributed by atoms with Gasteiger partial charge in [-0.05, 0) is 18.2 Å². The molecule has 0 saturated heterocycles. The zero-order valence-corrected chi connectivity index (χ0v) is 11.5. The maximum atomic E-state index is 12.1. The summed E-state index contributed by atoms with van der Waals surface area (Å²) in [5.41, 5.74) is 0.318. The van der Waals surface area contributed by atoms with Crippen molar-refractivity contribution in [2.24, 2.45) is 0 Å². The molecule has 0 radical (unpaired) electrons. The van der Waals surface area contributed by atoms with Gasteiger partial charge in [0.1, 0.15) is 18.3 Å². The number of fused-ring (bicyclic) bond motifs is 1. The van der Waals surface area contributed by atoms with Crippen LogP contribution in [0.5, 0.6) is 5.75 Å². The van der Waals surface area contributed by atoms with Gasteiger partial charge in [-0.15, -0.1) is 0 Å². The van der Waals surface area contributed by atoms with Gasteiger partial charge in [0.25, 0.3) is 15.5 Å². The first-order valence-electron chi connectivity index (χ1n) is 5.56. The lowest BCUT2D eigenvalue weighted by Gasteiger charge is -2.10. The minimum atomic E-state index is -3.93. The van der Waals surface area contributed by atoms with Gasteiger partial charge in [0.15, 0.2) is 0 Å². The topological polar surface area (TPSA) is 72.5 Å². The first-order chi connectivity index (χ1) is 9.29. The van der Waals surface area contributed by atoms with Crippen molar-refractivity contribution in [3.63, 3.8) is 0 Å². The Labute approximate surface area is 118 Å². The van der Waals surface area contributed by atoms with E-state index in [-0.39, 0.29) is 11.5 Å². The lowest BCUT2D eigenvalue weighted by Crippen LogP contribution is -2.33. The molecule has 1 atom stereocenters. The molecule has 0 bridgehead atoms. The fourth-order valence-electron chi connectivity index (χ4n) is 1.86. The average Bonchev–Trinajstić information content (AvgIpc) is 2.77. The Hall–Kier alpha value is -1.41. The van der Waals surface area contributed by atoms with Gasteiger partial charge in [-0.25, -0.2) is 17.2 Å². The molecule has 1 unspecified atom stereocenters. The summed E-state index contributed by atoms with van der Waals surface area (Å²) in [6.45, 7) is -0.797. The van der Waals surface area contributed by atoms with E-state index in [9.17, 15) is 22.0 Å². The Bertz CT molecular complexity index is 635. The van der Waals surface area contributed by atoms with Crippen LogP contribution in [0.25, 0.3) is 0 Å². The van der Waals surface area contributed by atoms with Gasteiger partial charge >= 0.3 is 0 Å². The molecule has 9 heteroatoms. The molecular weight excluding hydrogens is 316 g/mol. The van der Waals surface area contributed by atoms with Gasteiger partial charge in [-0.2, -0.15) is 0 Å². The molecular formula is C11H10ClF2NO4S. The van der Waals surface area contributed by atoms with Crippen LogP contribution in [-0.4, -0.2) is 33.9 Å². The molecule has 5 nitrogen and oxygen atoms in total. The number of rotatable bonds is 4. The van der Waals surface area contributed by atoms with Gasteiger partial charge in [0.2, 0.25) is 5.91 Å². The Kier molecular flexibility index (Phi) is 4.14. The van der Waals surface area contributed by atoms with Gasteiger partial charge in [0.05, 0.1) is 11.4 Å². The van der Waals surface area contributed by atoms with E-state index in [2.05, 4.69) is 5.32 Å². The summed E-state index contributed by atoms with van der Waals surface area (Å²) in [7, 11) is 1.29. The highest BCUT2D eigenvalue weighted by Crippen LogP contribution is 2.36. The van der Waals surface area contributed by atoms with Crippen molar-refractivity contribution >= 4 is 25.6 Å². The molecule has 1 aromatic rings. The van der Waals surface area contributed by atoms with Crippen molar-refractivity contribution in [2.45, 2.75) is 17.2 Å². The number of amides is 1. The zero-order chi connectivity index (χ0) is 14.9. The number of carbonyl (C=O) groups is 1. The summed E-state index contributed by atoms with van der Waals surface area (Å²) in [6.07, 6.45) is -2.66. The molecule has 1 aliphatic rings. The second-order valence-electron chi connectivity index (χ2n) is 4.14. The van der Waals surface area contributed by atoms with E-state index >= 15 is 0 Å². The maximum absolute atomic E-state index is 12.1. The largest absolute Gasteiger partial charge is 0.492 e. The second kappa shape index (κ2) is 5.53. The number of ether oxygens (including phenoxy) is 1. The van der Waals surface area contributed by atoms with Gasteiger partial charge < -0.3 is 10.1 Å². The van der Waals surface area contributed by atoms with Crippen LogP contribution >= 0.6 is 10.7 Å². The summed E-state index contributed by atoms with van der Waals surface area (Å²) in [4.78, 5) is 11.6. The van der Waals surface area contributed by atoms with E-state index in [1.54, 1.807) is 0 Å². The predicted molar refractivity (Wildman–Crippen MR) is 66.7 cm³/mol. The van der Waals surface area contributed by atoms with Crippen LogP contribution in [0.1, 0.15) is 11.5 Å². The highest BCUT2D eigenvalue weighted by Gasteiger charge is 2.31. The molecule has 1 aromatic carbocycles. The quantitative estimate of drug-likeness (QED) is 0.851. The highest BCUT2D eigenvalue weighted by atomic mass is 35.7. The Morgan fingerprint density at radius 3 is 2.80 bits per heavy atom. The third-order valence-electron chi connectivity index (χ3n) is 2.79. The van der Waals surface area contributed by atoms with Crippen molar-refractivity contribution in [1.82, 2.24) is 5.32 Å². The molecule has 1 aliphatic heterocycles. The zero-order valence-electron chi connectivity index (χ0n) is 9.98. The molecule has 0 spiro atoms. The maximum Gasteiger partial charge on any atom is 0.261 e. The average molecular weight is 326 g/mol. The van der Waals surface area contributed by atoms with Crippen LogP contribution in [0, 0.1) is 0 Å². The van der Waals surface area contributed by atoms with Crippen molar-refractivity contribution in [3.8, 4) is 5.75 Å². The van der Waals surface area contributed by atoms with Gasteiger partial charge in [-0.1, -0.05) is 0 Å². The van der Waals surface area contributed by atoms with E-state index in [0.717, 1.165) is 0 Å². The van der Waals surface area contributed by atoms with Crippen LogP contribution < -0.4 is 10.1 Å². The number of hydrogen-bond donors (Lipinski definition) is 1. The van der Waals surface area contributed by atoms with E-state index in [1.165, 1.54) is 18.2 Å². The lowest BCUT2D eigenvalue weighted by molar-refractivity contribution is -0.123. The minimum Gasteiger partial charge on any atom is -0.492 e. The van der Waals surface area contributed by atoms with E-state index in [4.69, 9.17) is 15.4 Å². The number of nitrogens with one attached hydrogen (secondary N) is 1. The predicted octanol–water partition coefficient (Wildman–Crippen LogP) is 1.47. The summed E-state index contributed by atoms with van der Waals surface area (Å²) in [5, 5.41) is 2.07. The molecule has 110 valence electrons. The lowest BCUT2D eigenvalue weighted by atomic mass is 10.0. The fraction of sp³-hybridized carbons (Fsp3) is 0.364. The van der Waals surface area contributed by atoms with Crippen LogP contribution in [0.2, 0.25) is 0 Å². The normalized spacial score (nSPS) is 17.7. The third kappa shape index (κ3) is 3.18. The van der Waals surface area contributed by atoms with Crippen LogP contribution in [0.4, 0.5) is 8.78 Å². The first-order valence-corrected chi connectivity index (χ1v) is 7.87. The number of carbonyl (C=O) groups excluding carboxylic acids is 1. The standard InChI is InChI=1S/C11H10ClF2NO4S/c12-20(17,18)6-1-2-9-7(3-6)8(5-19-9)11(16)15-4-10(13)14/h1-3,8,10H,4-5H2,(H,15,16). The molecule has 0 fully saturated rings. The van der Waals surface area contributed by atoms with Crippen LogP contribution in [0.3, 0.4) is 0 Å². The Morgan fingerprint density at radius 1 is 1.50 bits per heavy atom. The molecule has 0 aromatic heterocycles. The Balaban J connectivity index is 2.25. The van der Waals surface area contributed by atoms with E-state index in [1.807, 2.05) is 0 Å². The van der Waals surface area contributed by atoms with Crippen molar-refractivity contribution < 1.29 is 26.7 Å². The summed E-state index contributed by atoms with van der Waals surface area (Å²) >= 11 is 0. The molecule has 0 aliphatic carbocycles. The molecule has 1 amide bonds. The van der Waals surface area contributed by atoms with Gasteiger partial charge in [0, 0.05) is 16.2 Å². The van der Waals surface area contributed by atoms with Gasteiger partial charge in [-0.3, -0.25) is 4.79 Å². The minimum absolute atomic E-state index is 0.0316. The third-order valence-corrected chi connectivity index (χ3v) is 4.14. The monoisotopic (exact) mass is 325 g/mol. The molecule has 2 rings (SSSR count). The highest BCUT2D eigenvalue weighted by molar-refractivity contribution is 8.13. The summed E-state index contributed by atoms with van der Waals surface area (Å²) in [5.74, 6) is -1.14. The number of hydrogen-bond acceptors (Lipinski definition) is 4. The van der Waals surface area contributed by atoms with Crippen molar-refractivity contribution in [2.75, 3.05) is 13.2 Å². The number of benzene rings is 1. The van der Waals surface area contributed by atoms with Crippen molar-refractivity contribution in [3.05, 3.63) is 23.8 Å². The Morgan fingerprint density at radius 2 is 2.20 bits per heavy atom. The molecule has 1 N–H and O–H groups in total. The smallest absolute Gasteiger partial charge is 0.261 e. The molecule has 20 heavy (non-hydrogen) atoms. The van der Waals surface area contributed by atoms with E-state index < -0.39 is 33.8 Å².